The van der Waals surface area contributed by atoms with E-state index in [-0.39, 0.29) is 18.6 Å². The molecular weight excluding hydrogens is 252 g/mol. The van der Waals surface area contributed by atoms with Crippen LogP contribution in [0.15, 0.2) is 0 Å². The third-order valence-corrected chi connectivity index (χ3v) is 5.74. The smallest absolute Gasteiger partial charge is 0.279 e. The SMILES string of the molecule is O=S(=O)(NC1CCCC1CO)N1CCCCCC1. The van der Waals surface area contributed by atoms with Gasteiger partial charge in [-0.15, -0.1) is 0 Å². The molecule has 18 heavy (non-hydrogen) atoms. The lowest BCUT2D eigenvalue weighted by Crippen LogP contribution is -2.47. The molecule has 0 aromatic carbocycles. The van der Waals surface area contributed by atoms with E-state index in [2.05, 4.69) is 4.72 Å². The minimum absolute atomic E-state index is 0.0766. The molecule has 2 rings (SSSR count). The molecule has 0 aromatic rings. The van der Waals surface area contributed by atoms with Crippen molar-refractivity contribution >= 4 is 10.2 Å². The van der Waals surface area contributed by atoms with Gasteiger partial charge < -0.3 is 5.11 Å². The van der Waals surface area contributed by atoms with E-state index in [1.807, 2.05) is 0 Å². The molecule has 2 unspecified atom stereocenters. The average molecular weight is 276 g/mol. The summed E-state index contributed by atoms with van der Waals surface area (Å²) in [5.74, 6) is 0.0896. The second-order valence-electron chi connectivity index (χ2n) is 5.42. The average Bonchev–Trinajstić information content (AvgIpc) is 2.62. The van der Waals surface area contributed by atoms with Gasteiger partial charge in [0.15, 0.2) is 0 Å². The third kappa shape index (κ3) is 3.44. The van der Waals surface area contributed by atoms with Crippen LogP contribution in [-0.4, -0.2) is 43.6 Å². The van der Waals surface area contributed by atoms with E-state index < -0.39 is 10.2 Å². The largest absolute Gasteiger partial charge is 0.396 e. The highest BCUT2D eigenvalue weighted by Crippen LogP contribution is 2.26. The van der Waals surface area contributed by atoms with Crippen molar-refractivity contribution in [3.63, 3.8) is 0 Å². The van der Waals surface area contributed by atoms with E-state index in [1.54, 1.807) is 4.31 Å². The van der Waals surface area contributed by atoms with Crippen LogP contribution in [0, 0.1) is 5.92 Å². The molecule has 5 nitrogen and oxygen atoms in total. The number of hydrogen-bond acceptors (Lipinski definition) is 3. The molecule has 106 valence electrons. The maximum atomic E-state index is 12.3. The second kappa shape index (κ2) is 6.32. The lowest BCUT2D eigenvalue weighted by Gasteiger charge is -2.25. The van der Waals surface area contributed by atoms with Crippen molar-refractivity contribution in [1.29, 1.82) is 0 Å². The summed E-state index contributed by atoms with van der Waals surface area (Å²) in [7, 11) is -3.36. The van der Waals surface area contributed by atoms with Crippen molar-refractivity contribution < 1.29 is 13.5 Å². The van der Waals surface area contributed by atoms with Crippen LogP contribution in [0.25, 0.3) is 0 Å². The van der Waals surface area contributed by atoms with E-state index in [4.69, 9.17) is 0 Å². The van der Waals surface area contributed by atoms with Crippen LogP contribution in [0.4, 0.5) is 0 Å². The van der Waals surface area contributed by atoms with E-state index in [9.17, 15) is 13.5 Å². The number of hydrogen-bond donors (Lipinski definition) is 2. The molecule has 0 spiro atoms. The maximum absolute atomic E-state index is 12.3. The fourth-order valence-corrected chi connectivity index (χ4v) is 4.54. The normalized spacial score (nSPS) is 31.4. The van der Waals surface area contributed by atoms with Crippen molar-refractivity contribution in [3.8, 4) is 0 Å². The van der Waals surface area contributed by atoms with E-state index in [0.717, 1.165) is 44.9 Å². The van der Waals surface area contributed by atoms with Gasteiger partial charge in [-0.2, -0.15) is 17.4 Å². The number of aliphatic hydroxyl groups is 1. The molecule has 1 aliphatic heterocycles. The van der Waals surface area contributed by atoms with Gasteiger partial charge in [0.2, 0.25) is 0 Å². The molecule has 2 N–H and O–H groups in total. The van der Waals surface area contributed by atoms with Crippen molar-refractivity contribution in [2.24, 2.45) is 5.92 Å². The maximum Gasteiger partial charge on any atom is 0.279 e. The quantitative estimate of drug-likeness (QED) is 0.800. The first kappa shape index (κ1) is 14.2. The Balaban J connectivity index is 1.97. The molecule has 1 heterocycles. The molecule has 0 aromatic heterocycles. The Morgan fingerprint density at radius 1 is 1.06 bits per heavy atom. The van der Waals surface area contributed by atoms with Gasteiger partial charge in [-0.3, -0.25) is 0 Å². The fourth-order valence-electron chi connectivity index (χ4n) is 2.96. The van der Waals surface area contributed by atoms with Crippen LogP contribution in [-0.2, 0) is 10.2 Å². The molecule has 1 saturated heterocycles. The van der Waals surface area contributed by atoms with Gasteiger partial charge in [-0.05, 0) is 31.6 Å². The zero-order valence-corrected chi connectivity index (χ0v) is 11.7. The zero-order valence-electron chi connectivity index (χ0n) is 10.8. The Kier molecular flexibility index (Phi) is 5.00. The Morgan fingerprint density at radius 3 is 2.33 bits per heavy atom. The molecule has 2 atom stereocenters. The summed E-state index contributed by atoms with van der Waals surface area (Å²) in [4.78, 5) is 0. The van der Waals surface area contributed by atoms with Crippen molar-refractivity contribution in [1.82, 2.24) is 9.03 Å². The molecule has 2 aliphatic rings. The molecule has 6 heteroatoms. The minimum atomic E-state index is -3.36. The first-order chi connectivity index (χ1) is 8.63. The third-order valence-electron chi connectivity index (χ3n) is 4.10. The molecule has 1 saturated carbocycles. The van der Waals surface area contributed by atoms with Crippen molar-refractivity contribution in [3.05, 3.63) is 0 Å². The van der Waals surface area contributed by atoms with Crippen molar-refractivity contribution in [2.75, 3.05) is 19.7 Å². The molecule has 0 radical (unpaired) electrons. The summed E-state index contributed by atoms with van der Waals surface area (Å²) >= 11 is 0. The Labute approximate surface area is 110 Å². The highest BCUT2D eigenvalue weighted by Gasteiger charge is 2.32. The Morgan fingerprint density at radius 2 is 1.72 bits per heavy atom. The summed E-state index contributed by atoms with van der Waals surface area (Å²) in [6.45, 7) is 1.34. The minimum Gasteiger partial charge on any atom is -0.396 e. The Bertz CT molecular complexity index is 350. The predicted octanol–water partition coefficient (Wildman–Crippen LogP) is 0.858. The van der Waals surface area contributed by atoms with Gasteiger partial charge in [-0.1, -0.05) is 19.3 Å². The van der Waals surface area contributed by atoms with E-state index in [1.165, 1.54) is 0 Å². The lowest BCUT2D eigenvalue weighted by molar-refractivity contribution is 0.212. The number of aliphatic hydroxyl groups excluding tert-OH is 1. The predicted molar refractivity (Wildman–Crippen MR) is 70.3 cm³/mol. The molecule has 1 aliphatic carbocycles. The summed E-state index contributed by atoms with van der Waals surface area (Å²) in [6, 6.07) is -0.0803. The van der Waals surface area contributed by atoms with Gasteiger partial charge in [0.1, 0.15) is 0 Å². The standard InChI is InChI=1S/C12H24N2O3S/c15-10-11-6-5-7-12(11)13-18(16,17)14-8-3-1-2-4-9-14/h11-13,15H,1-10H2. The fraction of sp³-hybridized carbons (Fsp3) is 1.00. The zero-order chi connectivity index (χ0) is 13.0. The van der Waals surface area contributed by atoms with Gasteiger partial charge in [0.05, 0.1) is 0 Å². The molecule has 0 bridgehead atoms. The van der Waals surface area contributed by atoms with Crippen LogP contribution in [0.2, 0.25) is 0 Å². The van der Waals surface area contributed by atoms with Gasteiger partial charge in [0, 0.05) is 25.7 Å². The van der Waals surface area contributed by atoms with Gasteiger partial charge in [0.25, 0.3) is 10.2 Å². The lowest BCUT2D eigenvalue weighted by atomic mass is 10.1. The van der Waals surface area contributed by atoms with Crippen LogP contribution < -0.4 is 4.72 Å². The highest BCUT2D eigenvalue weighted by atomic mass is 32.2. The summed E-state index contributed by atoms with van der Waals surface area (Å²) in [5.41, 5.74) is 0. The van der Waals surface area contributed by atoms with Gasteiger partial charge in [-0.25, -0.2) is 0 Å². The number of nitrogens with one attached hydrogen (secondary N) is 1. The highest BCUT2D eigenvalue weighted by molar-refractivity contribution is 7.87. The topological polar surface area (TPSA) is 69.6 Å². The van der Waals surface area contributed by atoms with Crippen LogP contribution in [0.5, 0.6) is 0 Å². The number of nitrogens with zero attached hydrogens (tertiary/aromatic N) is 1. The molecule has 2 fully saturated rings. The van der Waals surface area contributed by atoms with E-state index in [0.29, 0.717) is 13.1 Å². The van der Waals surface area contributed by atoms with Crippen LogP contribution in [0.3, 0.4) is 0 Å². The Hall–Kier alpha value is -0.170. The number of rotatable bonds is 4. The summed E-state index contributed by atoms with van der Waals surface area (Å²) in [6.07, 6.45) is 6.91. The van der Waals surface area contributed by atoms with E-state index >= 15 is 0 Å². The summed E-state index contributed by atoms with van der Waals surface area (Å²) < 4.78 is 28.9. The first-order valence-corrected chi connectivity index (χ1v) is 8.46. The van der Waals surface area contributed by atoms with Crippen molar-refractivity contribution in [2.45, 2.75) is 51.0 Å². The van der Waals surface area contributed by atoms with Crippen LogP contribution in [0.1, 0.15) is 44.9 Å². The molecule has 0 amide bonds. The molecular formula is C12H24N2O3S. The second-order valence-corrected chi connectivity index (χ2v) is 7.12. The van der Waals surface area contributed by atoms with Crippen LogP contribution >= 0.6 is 0 Å². The summed E-state index contributed by atoms with van der Waals surface area (Å²) in [5, 5.41) is 9.24. The first-order valence-electron chi connectivity index (χ1n) is 7.02. The monoisotopic (exact) mass is 276 g/mol. The van der Waals surface area contributed by atoms with Gasteiger partial charge >= 0.3 is 0 Å².